The molecule has 0 saturated carbocycles. The van der Waals surface area contributed by atoms with Crippen molar-refractivity contribution in [3.8, 4) is 0 Å². The third kappa shape index (κ3) is 18.1. The quantitative estimate of drug-likeness (QED) is 0.211. The minimum Gasteiger partial charge on any atom is -0.786 e. The summed E-state index contributed by atoms with van der Waals surface area (Å²) in [6.07, 6.45) is 14.8. The molecule has 0 N–H and O–H groups in total. The van der Waals surface area contributed by atoms with Crippen molar-refractivity contribution >= 4 is 8.60 Å². The maximum absolute atomic E-state index is 11.9. The van der Waals surface area contributed by atoms with Gasteiger partial charge in [-0.25, -0.2) is 0 Å². The van der Waals surface area contributed by atoms with E-state index in [0.29, 0.717) is 25.0 Å². The van der Waals surface area contributed by atoms with Crippen LogP contribution in [0.25, 0.3) is 0 Å². The molecule has 0 saturated heterocycles. The molecular weight excluding hydrogens is 326 g/mol. The van der Waals surface area contributed by atoms with Gasteiger partial charge < -0.3 is 13.9 Å². The van der Waals surface area contributed by atoms with E-state index in [-0.39, 0.29) is 18.9 Å². The van der Waals surface area contributed by atoms with Gasteiger partial charge in [0.05, 0.1) is 21.8 Å². The zero-order valence-electron chi connectivity index (χ0n) is 17.7. The fourth-order valence-electron chi connectivity index (χ4n) is 2.90. The van der Waals surface area contributed by atoms with Crippen LogP contribution in [0.1, 0.15) is 105 Å². The molecule has 0 heterocycles. The average Bonchev–Trinajstić information content (AvgIpc) is 2.60. The second-order valence-electron chi connectivity index (χ2n) is 7.06. The van der Waals surface area contributed by atoms with Crippen molar-refractivity contribution in [2.75, 3.05) is 13.2 Å². The molecule has 0 aromatic carbocycles. The van der Waals surface area contributed by atoms with Crippen LogP contribution in [-0.2, 0) is 9.05 Å². The maximum atomic E-state index is 11.9. The van der Waals surface area contributed by atoms with Crippen LogP contribution in [-0.4, -0.2) is 13.2 Å². The molecule has 5 heteroatoms. The van der Waals surface area contributed by atoms with E-state index in [0.717, 1.165) is 12.8 Å². The molecule has 0 aromatic rings. The standard InChI is InChI=1S/C20H42O3P.Li/c1-5-9-11-13-15-19(7-3)17-22-24(21)23-18-20(8-4)16-14-12-10-6-2;/h19-20H,5-18H2,1-4H3;/q-1;+1. The van der Waals surface area contributed by atoms with E-state index in [1.54, 1.807) is 0 Å². The first-order valence-corrected chi connectivity index (χ1v) is 11.5. The molecule has 2 unspecified atom stereocenters. The second-order valence-corrected chi connectivity index (χ2v) is 8.03. The molecule has 0 spiro atoms. The topological polar surface area (TPSA) is 41.5 Å². The first kappa shape index (κ1) is 28.1. The Hall–Kier alpha value is 0.907. The summed E-state index contributed by atoms with van der Waals surface area (Å²) < 4.78 is 11.0. The van der Waals surface area contributed by atoms with Gasteiger partial charge in [0, 0.05) is 0 Å². The van der Waals surface area contributed by atoms with Crippen LogP contribution in [0.4, 0.5) is 0 Å². The molecule has 25 heavy (non-hydrogen) atoms. The largest absolute Gasteiger partial charge is 1.00 e. The summed E-state index contributed by atoms with van der Waals surface area (Å²) in [5, 5.41) is 0. The molecule has 146 valence electrons. The molecule has 0 aliphatic heterocycles. The van der Waals surface area contributed by atoms with Crippen molar-refractivity contribution in [1.29, 1.82) is 0 Å². The Morgan fingerprint density at radius 1 is 0.680 bits per heavy atom. The maximum Gasteiger partial charge on any atom is 1.00 e. The smallest absolute Gasteiger partial charge is 0.786 e. The van der Waals surface area contributed by atoms with Crippen LogP contribution in [0.5, 0.6) is 0 Å². The van der Waals surface area contributed by atoms with E-state index in [9.17, 15) is 4.89 Å². The minimum absolute atomic E-state index is 0. The van der Waals surface area contributed by atoms with Gasteiger partial charge in [0.25, 0.3) is 0 Å². The average molecular weight is 368 g/mol. The SMILES string of the molecule is CCCCCCC(CC)COP([O-])OCC(CC)CCCCCC.[Li+]. The van der Waals surface area contributed by atoms with Crippen molar-refractivity contribution in [2.24, 2.45) is 11.8 Å². The van der Waals surface area contributed by atoms with E-state index >= 15 is 0 Å². The Balaban J connectivity index is 0. The van der Waals surface area contributed by atoms with E-state index < -0.39 is 8.60 Å². The van der Waals surface area contributed by atoms with Gasteiger partial charge in [-0.15, -0.1) is 0 Å². The summed E-state index contributed by atoms with van der Waals surface area (Å²) in [4.78, 5) is 11.9. The predicted molar refractivity (Wildman–Crippen MR) is 104 cm³/mol. The molecule has 0 aliphatic carbocycles. The molecule has 0 aliphatic rings. The molecule has 0 radical (unpaired) electrons. The first-order valence-electron chi connectivity index (χ1n) is 10.4. The molecule has 0 amide bonds. The Bertz CT molecular complexity index is 233. The van der Waals surface area contributed by atoms with Gasteiger partial charge in [0.1, 0.15) is 0 Å². The Kier molecular flexibility index (Phi) is 23.9. The van der Waals surface area contributed by atoms with Crippen LogP contribution < -0.4 is 23.8 Å². The summed E-state index contributed by atoms with van der Waals surface area (Å²) in [5.74, 6) is 1.03. The normalized spacial score (nSPS) is 14.8. The molecule has 3 nitrogen and oxygen atoms in total. The van der Waals surface area contributed by atoms with Crippen LogP contribution in [0.15, 0.2) is 0 Å². The molecule has 0 aromatic heterocycles. The van der Waals surface area contributed by atoms with Gasteiger partial charge in [0.15, 0.2) is 0 Å². The second kappa shape index (κ2) is 21.2. The fourth-order valence-corrected chi connectivity index (χ4v) is 3.64. The third-order valence-electron chi connectivity index (χ3n) is 4.92. The van der Waals surface area contributed by atoms with Gasteiger partial charge in [0.2, 0.25) is 0 Å². The van der Waals surface area contributed by atoms with Gasteiger partial charge in [-0.1, -0.05) is 91.9 Å². The van der Waals surface area contributed by atoms with E-state index in [1.165, 1.54) is 64.2 Å². The van der Waals surface area contributed by atoms with Gasteiger partial charge in [-0.05, 0) is 24.7 Å². The molecular formula is C20H42LiO3P. The van der Waals surface area contributed by atoms with Crippen molar-refractivity contribution in [1.82, 2.24) is 0 Å². The van der Waals surface area contributed by atoms with Gasteiger partial charge in [-0.3, -0.25) is 0 Å². The Morgan fingerprint density at radius 2 is 1.08 bits per heavy atom. The van der Waals surface area contributed by atoms with E-state index in [1.807, 2.05) is 0 Å². The predicted octanol–water partition coefficient (Wildman–Crippen LogP) is 3.60. The summed E-state index contributed by atoms with van der Waals surface area (Å²) in [6.45, 7) is 9.98. The number of rotatable bonds is 18. The Morgan fingerprint density at radius 3 is 1.40 bits per heavy atom. The number of hydrogen-bond acceptors (Lipinski definition) is 3. The van der Waals surface area contributed by atoms with E-state index in [2.05, 4.69) is 27.7 Å². The third-order valence-corrected chi connectivity index (χ3v) is 5.64. The van der Waals surface area contributed by atoms with E-state index in [4.69, 9.17) is 9.05 Å². The summed E-state index contributed by atoms with van der Waals surface area (Å²) in [5.41, 5.74) is 0. The number of hydrogen-bond donors (Lipinski definition) is 0. The van der Waals surface area contributed by atoms with Crippen LogP contribution in [0.2, 0.25) is 0 Å². The van der Waals surface area contributed by atoms with Crippen molar-refractivity contribution < 1.29 is 32.8 Å². The minimum atomic E-state index is -1.95. The van der Waals surface area contributed by atoms with Gasteiger partial charge >= 0.3 is 18.9 Å². The molecule has 0 bridgehead atoms. The van der Waals surface area contributed by atoms with Gasteiger partial charge in [-0.2, -0.15) is 0 Å². The number of unbranched alkanes of at least 4 members (excludes halogenated alkanes) is 6. The summed E-state index contributed by atoms with van der Waals surface area (Å²) in [7, 11) is -1.95. The summed E-state index contributed by atoms with van der Waals surface area (Å²) >= 11 is 0. The fraction of sp³-hybridized carbons (Fsp3) is 1.00. The van der Waals surface area contributed by atoms with Crippen molar-refractivity contribution in [2.45, 2.75) is 105 Å². The molecule has 0 rings (SSSR count). The van der Waals surface area contributed by atoms with Crippen molar-refractivity contribution in [3.63, 3.8) is 0 Å². The van der Waals surface area contributed by atoms with Crippen LogP contribution >= 0.6 is 8.60 Å². The molecule has 0 fully saturated rings. The zero-order valence-corrected chi connectivity index (χ0v) is 18.6. The Labute approximate surface area is 171 Å². The zero-order chi connectivity index (χ0) is 18.0. The van der Waals surface area contributed by atoms with Crippen LogP contribution in [0.3, 0.4) is 0 Å². The summed E-state index contributed by atoms with van der Waals surface area (Å²) in [6, 6.07) is 0. The van der Waals surface area contributed by atoms with Crippen LogP contribution in [0, 0.1) is 11.8 Å². The van der Waals surface area contributed by atoms with Crippen molar-refractivity contribution in [3.05, 3.63) is 0 Å². The monoisotopic (exact) mass is 368 g/mol. The first-order chi connectivity index (χ1) is 11.7. The molecule has 2 atom stereocenters.